The van der Waals surface area contributed by atoms with Crippen LogP contribution >= 0.6 is 12.6 Å². The molecule has 0 aromatic rings. The van der Waals surface area contributed by atoms with Gasteiger partial charge in [0.2, 0.25) is 11.8 Å². The van der Waals surface area contributed by atoms with Gasteiger partial charge < -0.3 is 26.6 Å². The first-order chi connectivity index (χ1) is 11.1. The topological polar surface area (TPSA) is 159 Å². The molecule has 0 spiro atoms. The fraction of sp³-hybridized carbons (Fsp3) is 0.714. The molecule has 9 nitrogen and oxygen atoms in total. The predicted octanol–water partition coefficient (Wildman–Crippen LogP) is -0.791. The zero-order chi connectivity index (χ0) is 18.9. The van der Waals surface area contributed by atoms with Gasteiger partial charge in [0, 0.05) is 12.2 Å². The van der Waals surface area contributed by atoms with Crippen LogP contribution in [0.15, 0.2) is 0 Å². The first-order valence-electron chi connectivity index (χ1n) is 7.55. The van der Waals surface area contributed by atoms with Crippen LogP contribution in [0.25, 0.3) is 0 Å². The monoisotopic (exact) mass is 363 g/mol. The number of nitrogens with one attached hydrogen (secondary N) is 2. The van der Waals surface area contributed by atoms with Gasteiger partial charge in [-0.15, -0.1) is 0 Å². The van der Waals surface area contributed by atoms with Crippen molar-refractivity contribution < 1.29 is 29.4 Å². The summed E-state index contributed by atoms with van der Waals surface area (Å²) in [7, 11) is 0. The number of nitrogens with two attached hydrogens (primary N) is 1. The largest absolute Gasteiger partial charge is 0.481 e. The van der Waals surface area contributed by atoms with E-state index in [1.807, 2.05) is 6.92 Å². The Hall–Kier alpha value is -1.81. The van der Waals surface area contributed by atoms with E-state index in [1.165, 1.54) is 0 Å². The molecule has 24 heavy (non-hydrogen) atoms. The van der Waals surface area contributed by atoms with E-state index >= 15 is 0 Å². The van der Waals surface area contributed by atoms with Crippen LogP contribution in [-0.4, -0.2) is 57.8 Å². The maximum absolute atomic E-state index is 12.2. The lowest BCUT2D eigenvalue weighted by molar-refractivity contribution is -0.142. The van der Waals surface area contributed by atoms with E-state index in [0.717, 1.165) is 0 Å². The lowest BCUT2D eigenvalue weighted by Gasteiger charge is -2.23. The summed E-state index contributed by atoms with van der Waals surface area (Å²) < 4.78 is 0. The Balaban J connectivity index is 5.02. The highest BCUT2D eigenvalue weighted by Gasteiger charge is 2.29. The zero-order valence-electron chi connectivity index (χ0n) is 13.7. The molecule has 0 fully saturated rings. The van der Waals surface area contributed by atoms with Crippen molar-refractivity contribution in [2.45, 2.75) is 51.2 Å². The Morgan fingerprint density at radius 3 is 2.04 bits per heavy atom. The van der Waals surface area contributed by atoms with E-state index in [2.05, 4.69) is 23.3 Å². The van der Waals surface area contributed by atoms with Gasteiger partial charge in [-0.3, -0.25) is 14.4 Å². The number of rotatable bonds is 11. The molecule has 138 valence electrons. The second-order valence-electron chi connectivity index (χ2n) is 5.49. The number of carbonyl (C=O) groups is 4. The van der Waals surface area contributed by atoms with Crippen molar-refractivity contribution in [2.75, 3.05) is 5.75 Å². The third kappa shape index (κ3) is 7.64. The molecular weight excluding hydrogens is 338 g/mol. The van der Waals surface area contributed by atoms with E-state index < -0.39 is 41.9 Å². The summed E-state index contributed by atoms with van der Waals surface area (Å²) in [4.78, 5) is 45.9. The summed E-state index contributed by atoms with van der Waals surface area (Å²) in [6.45, 7) is 3.63. The second kappa shape index (κ2) is 10.9. The van der Waals surface area contributed by atoms with E-state index in [1.54, 1.807) is 6.92 Å². The van der Waals surface area contributed by atoms with Crippen LogP contribution in [0.5, 0.6) is 0 Å². The van der Waals surface area contributed by atoms with Gasteiger partial charge in [-0.2, -0.15) is 12.6 Å². The number of aliphatic carboxylic acids is 2. The lowest BCUT2D eigenvalue weighted by atomic mass is 9.98. The van der Waals surface area contributed by atoms with Crippen LogP contribution in [0, 0.1) is 5.92 Å². The molecule has 6 N–H and O–H groups in total. The third-order valence-electron chi connectivity index (χ3n) is 3.64. The number of thiol groups is 1. The third-order valence-corrected chi connectivity index (χ3v) is 4.00. The van der Waals surface area contributed by atoms with Crippen molar-refractivity contribution in [1.29, 1.82) is 0 Å². The highest BCUT2D eigenvalue weighted by atomic mass is 32.1. The van der Waals surface area contributed by atoms with Gasteiger partial charge in [-0.1, -0.05) is 20.3 Å². The molecule has 0 saturated carbocycles. The van der Waals surface area contributed by atoms with Gasteiger partial charge in [-0.05, 0) is 12.3 Å². The Bertz CT molecular complexity index is 473. The van der Waals surface area contributed by atoms with E-state index in [9.17, 15) is 19.2 Å². The van der Waals surface area contributed by atoms with Gasteiger partial charge in [0.15, 0.2) is 0 Å². The molecule has 0 aromatic carbocycles. The van der Waals surface area contributed by atoms with Crippen molar-refractivity contribution in [3.05, 3.63) is 0 Å². The summed E-state index contributed by atoms with van der Waals surface area (Å²) in [5.74, 6) is -4.07. The molecule has 0 aromatic heterocycles. The van der Waals surface area contributed by atoms with E-state index in [0.29, 0.717) is 6.42 Å². The van der Waals surface area contributed by atoms with Crippen molar-refractivity contribution >= 4 is 36.4 Å². The predicted molar refractivity (Wildman–Crippen MR) is 89.7 cm³/mol. The van der Waals surface area contributed by atoms with Crippen LogP contribution in [-0.2, 0) is 19.2 Å². The van der Waals surface area contributed by atoms with E-state index in [4.69, 9.17) is 15.9 Å². The number of carbonyl (C=O) groups excluding carboxylic acids is 2. The normalized spacial score (nSPS) is 15.7. The molecular formula is C14H25N3O6S. The molecule has 0 aliphatic heterocycles. The fourth-order valence-electron chi connectivity index (χ4n) is 1.77. The average molecular weight is 363 g/mol. The highest BCUT2D eigenvalue weighted by molar-refractivity contribution is 7.80. The minimum absolute atomic E-state index is 0.127. The van der Waals surface area contributed by atoms with Gasteiger partial charge in [0.05, 0.1) is 6.04 Å². The van der Waals surface area contributed by atoms with Gasteiger partial charge in [0.1, 0.15) is 12.1 Å². The van der Waals surface area contributed by atoms with Gasteiger partial charge >= 0.3 is 11.9 Å². The SMILES string of the molecule is CC[C@H](C)[C@H](N)C(=O)N[C@@H](CCC(=O)O)C(=O)N[C@@H](CS)C(=O)O. The van der Waals surface area contributed by atoms with Gasteiger partial charge in [0.25, 0.3) is 0 Å². The number of amides is 2. The Morgan fingerprint density at radius 1 is 1.08 bits per heavy atom. The van der Waals surface area contributed by atoms with Crippen LogP contribution in [0.1, 0.15) is 33.1 Å². The molecule has 0 aliphatic rings. The van der Waals surface area contributed by atoms with Crippen LogP contribution in [0.3, 0.4) is 0 Å². The summed E-state index contributed by atoms with van der Waals surface area (Å²) >= 11 is 3.83. The lowest BCUT2D eigenvalue weighted by Crippen LogP contribution is -2.55. The quantitative estimate of drug-likeness (QED) is 0.262. The zero-order valence-corrected chi connectivity index (χ0v) is 14.6. The summed E-state index contributed by atoms with van der Waals surface area (Å²) in [6.07, 6.45) is 0.107. The Morgan fingerprint density at radius 2 is 1.62 bits per heavy atom. The smallest absolute Gasteiger partial charge is 0.327 e. The minimum Gasteiger partial charge on any atom is -0.481 e. The molecule has 0 rings (SSSR count). The summed E-state index contributed by atoms with van der Waals surface area (Å²) in [6, 6.07) is -3.28. The fourth-order valence-corrected chi connectivity index (χ4v) is 2.02. The second-order valence-corrected chi connectivity index (χ2v) is 5.85. The highest BCUT2D eigenvalue weighted by Crippen LogP contribution is 2.07. The Kier molecular flexibility index (Phi) is 10.0. The minimum atomic E-state index is -1.28. The number of hydrogen-bond donors (Lipinski definition) is 6. The molecule has 2 amide bonds. The molecule has 0 radical (unpaired) electrons. The average Bonchev–Trinajstić information content (AvgIpc) is 2.53. The summed E-state index contributed by atoms with van der Waals surface area (Å²) in [5, 5.41) is 22.3. The molecule has 0 bridgehead atoms. The first kappa shape index (κ1) is 22.2. The molecule has 0 unspecified atom stereocenters. The first-order valence-corrected chi connectivity index (χ1v) is 8.19. The van der Waals surface area contributed by atoms with Crippen molar-refractivity contribution in [3.8, 4) is 0 Å². The van der Waals surface area contributed by atoms with Gasteiger partial charge in [-0.25, -0.2) is 4.79 Å². The van der Waals surface area contributed by atoms with Crippen LogP contribution in [0.2, 0.25) is 0 Å². The van der Waals surface area contributed by atoms with Crippen molar-refractivity contribution in [3.63, 3.8) is 0 Å². The van der Waals surface area contributed by atoms with E-state index in [-0.39, 0.29) is 24.5 Å². The molecule has 0 heterocycles. The number of hydrogen-bond acceptors (Lipinski definition) is 6. The van der Waals surface area contributed by atoms with Crippen molar-refractivity contribution in [2.24, 2.45) is 11.7 Å². The maximum atomic E-state index is 12.2. The maximum Gasteiger partial charge on any atom is 0.327 e. The summed E-state index contributed by atoms with van der Waals surface area (Å²) in [5.41, 5.74) is 5.78. The standard InChI is InChI=1S/C14H25N3O6S/c1-3-7(2)11(15)13(21)16-8(4-5-10(18)19)12(20)17-9(6-24)14(22)23/h7-9,11,24H,3-6,15H2,1-2H3,(H,16,21)(H,17,20)(H,18,19)(H,22,23)/t7-,8-,9-,11-/m0/s1. The number of carboxylic acid groups (broad SMARTS) is 2. The van der Waals surface area contributed by atoms with Crippen molar-refractivity contribution in [1.82, 2.24) is 10.6 Å². The number of carboxylic acids is 2. The molecule has 0 saturated heterocycles. The Labute approximate surface area is 145 Å². The molecule has 4 atom stereocenters. The van der Waals surface area contributed by atoms with Crippen LogP contribution in [0.4, 0.5) is 0 Å². The van der Waals surface area contributed by atoms with Crippen LogP contribution < -0.4 is 16.4 Å². The molecule has 0 aliphatic carbocycles. The molecule has 10 heteroatoms.